The minimum Gasteiger partial charge on any atom is -0.378 e. The molecule has 4 rings (SSSR count). The van der Waals surface area contributed by atoms with Crippen molar-refractivity contribution in [3.05, 3.63) is 76.2 Å². The van der Waals surface area contributed by atoms with Crippen LogP contribution in [0.25, 0.3) is 5.69 Å². The van der Waals surface area contributed by atoms with E-state index in [0.717, 1.165) is 17.3 Å². The molecule has 0 spiro atoms. The van der Waals surface area contributed by atoms with Crippen molar-refractivity contribution in [1.29, 1.82) is 0 Å². The Morgan fingerprint density at radius 3 is 2.45 bits per heavy atom. The van der Waals surface area contributed by atoms with E-state index in [1.165, 1.54) is 37.7 Å². The van der Waals surface area contributed by atoms with E-state index in [1.54, 1.807) is 16.7 Å². The molecule has 0 atom stereocenters. The lowest BCUT2D eigenvalue weighted by Gasteiger charge is -2.21. The molecule has 0 N–H and O–H groups in total. The van der Waals surface area contributed by atoms with Gasteiger partial charge in [-0.05, 0) is 42.0 Å². The van der Waals surface area contributed by atoms with E-state index in [-0.39, 0.29) is 11.0 Å². The molecule has 0 bridgehead atoms. The van der Waals surface area contributed by atoms with Gasteiger partial charge < -0.3 is 9.30 Å². The Morgan fingerprint density at radius 1 is 1.00 bits per heavy atom. The molecule has 0 amide bonds. The lowest BCUT2D eigenvalue weighted by molar-refractivity contribution is 0.0297. The summed E-state index contributed by atoms with van der Waals surface area (Å²) in [6.07, 6.45) is 9.72. The summed E-state index contributed by atoms with van der Waals surface area (Å²) in [7, 11) is 0. The lowest BCUT2D eigenvalue weighted by atomic mass is 9.87. The molecule has 1 fully saturated rings. The highest BCUT2D eigenvalue weighted by Gasteiger charge is 2.17. The van der Waals surface area contributed by atoms with Crippen LogP contribution in [-0.4, -0.2) is 32.0 Å². The third kappa shape index (κ3) is 6.20. The molecule has 2 heterocycles. The van der Waals surface area contributed by atoms with Crippen LogP contribution in [0, 0.1) is 0 Å². The molecule has 2 aromatic heterocycles. The highest BCUT2D eigenvalue weighted by atomic mass is 16.5. The van der Waals surface area contributed by atoms with Crippen molar-refractivity contribution in [2.45, 2.75) is 83.8 Å². The molecule has 6 nitrogen and oxygen atoms in total. The van der Waals surface area contributed by atoms with Gasteiger partial charge in [0.15, 0.2) is 5.82 Å². The number of ether oxygens (including phenoxy) is 1. The molecule has 1 aromatic carbocycles. The van der Waals surface area contributed by atoms with E-state index >= 15 is 0 Å². The summed E-state index contributed by atoms with van der Waals surface area (Å²) in [4.78, 5) is 17.0. The number of hydrogen-bond donors (Lipinski definition) is 0. The second-order valence-electron chi connectivity index (χ2n) is 10.0. The van der Waals surface area contributed by atoms with E-state index in [1.807, 2.05) is 16.9 Å². The number of hydrogen-bond acceptors (Lipinski definition) is 4. The molecule has 1 aliphatic rings. The highest BCUT2D eigenvalue weighted by Crippen LogP contribution is 2.24. The minimum atomic E-state index is -0.000740. The van der Waals surface area contributed by atoms with Crippen LogP contribution in [0.3, 0.4) is 0 Å². The molecular weight excluding hydrogens is 412 g/mol. The largest absolute Gasteiger partial charge is 0.378 e. The topological polar surface area (TPSA) is 61.9 Å². The van der Waals surface area contributed by atoms with Crippen molar-refractivity contribution in [3.63, 3.8) is 0 Å². The van der Waals surface area contributed by atoms with Crippen LogP contribution >= 0.6 is 0 Å². The maximum atomic E-state index is 12.1. The summed E-state index contributed by atoms with van der Waals surface area (Å²) in [5, 5.41) is 4.83. The number of aromatic nitrogens is 4. The Hall–Kier alpha value is -2.73. The number of pyridine rings is 1. The Bertz CT molecular complexity index is 1090. The van der Waals surface area contributed by atoms with Gasteiger partial charge in [0.2, 0.25) is 0 Å². The van der Waals surface area contributed by atoms with E-state index in [0.29, 0.717) is 32.1 Å². The molecule has 176 valence electrons. The predicted molar refractivity (Wildman–Crippen MR) is 131 cm³/mol. The number of rotatable bonds is 8. The summed E-state index contributed by atoms with van der Waals surface area (Å²) in [6, 6.07) is 13.8. The molecule has 0 aliphatic heterocycles. The van der Waals surface area contributed by atoms with Gasteiger partial charge >= 0.3 is 0 Å². The van der Waals surface area contributed by atoms with Crippen LogP contribution in [0.2, 0.25) is 0 Å². The molecule has 33 heavy (non-hydrogen) atoms. The fourth-order valence-corrected chi connectivity index (χ4v) is 4.38. The first-order valence-electron chi connectivity index (χ1n) is 12.2. The van der Waals surface area contributed by atoms with Gasteiger partial charge in [-0.25, -0.2) is 9.67 Å². The van der Waals surface area contributed by atoms with E-state index in [4.69, 9.17) is 14.8 Å². The number of benzene rings is 1. The fraction of sp³-hybridized carbons (Fsp3) is 0.519. The van der Waals surface area contributed by atoms with Crippen molar-refractivity contribution in [3.8, 4) is 5.69 Å². The van der Waals surface area contributed by atoms with E-state index < -0.39 is 0 Å². The molecule has 1 saturated carbocycles. The highest BCUT2D eigenvalue weighted by molar-refractivity contribution is 5.37. The molecule has 0 saturated heterocycles. The summed E-state index contributed by atoms with van der Waals surface area (Å²) < 4.78 is 9.75. The maximum absolute atomic E-state index is 12.1. The zero-order valence-corrected chi connectivity index (χ0v) is 20.2. The van der Waals surface area contributed by atoms with Gasteiger partial charge in [-0.1, -0.05) is 58.2 Å². The smallest absolute Gasteiger partial charge is 0.250 e. The zero-order valence-electron chi connectivity index (χ0n) is 20.2. The van der Waals surface area contributed by atoms with Crippen LogP contribution in [0.1, 0.15) is 70.1 Å². The molecule has 0 radical (unpaired) electrons. The van der Waals surface area contributed by atoms with Crippen LogP contribution in [0.4, 0.5) is 0 Å². The summed E-state index contributed by atoms with van der Waals surface area (Å²) >= 11 is 0. The first kappa shape index (κ1) is 23.4. The van der Waals surface area contributed by atoms with Crippen LogP contribution < -0.4 is 5.56 Å². The van der Waals surface area contributed by atoms with Gasteiger partial charge in [-0.2, -0.15) is 5.10 Å². The van der Waals surface area contributed by atoms with Gasteiger partial charge in [0, 0.05) is 31.6 Å². The van der Waals surface area contributed by atoms with Crippen LogP contribution in [0.5, 0.6) is 0 Å². The van der Waals surface area contributed by atoms with E-state index in [2.05, 4.69) is 45.0 Å². The third-order valence-electron chi connectivity index (χ3n) is 6.40. The monoisotopic (exact) mass is 448 g/mol. The standard InChI is InChI=1S/C27H36N4O2/c1-27(2,3)21-12-14-22(15-13-21)31-25(16-19-30-18-8-7-11-26(30)32)28-24(29-31)17-20-33-23-9-5-4-6-10-23/h7-8,11-15,18,23H,4-6,9-10,16-17,19-20H2,1-3H3. The summed E-state index contributed by atoms with van der Waals surface area (Å²) in [5.41, 5.74) is 2.37. The Morgan fingerprint density at radius 2 is 1.76 bits per heavy atom. The van der Waals surface area contributed by atoms with Crippen molar-refractivity contribution < 1.29 is 4.74 Å². The summed E-state index contributed by atoms with van der Waals surface area (Å²) in [5.74, 6) is 1.66. The Kier molecular flexibility index (Phi) is 7.43. The second kappa shape index (κ2) is 10.5. The second-order valence-corrected chi connectivity index (χ2v) is 10.0. The minimum absolute atomic E-state index is 0.000740. The van der Waals surface area contributed by atoms with Crippen molar-refractivity contribution in [2.75, 3.05) is 6.61 Å². The van der Waals surface area contributed by atoms with Gasteiger partial charge in [0.25, 0.3) is 5.56 Å². The van der Waals surface area contributed by atoms with Crippen LogP contribution in [-0.2, 0) is 29.5 Å². The molecule has 0 unspecified atom stereocenters. The first-order chi connectivity index (χ1) is 15.9. The van der Waals surface area contributed by atoms with Gasteiger partial charge in [0.05, 0.1) is 18.4 Å². The van der Waals surface area contributed by atoms with Crippen LogP contribution in [0.15, 0.2) is 53.5 Å². The van der Waals surface area contributed by atoms with Crippen molar-refractivity contribution >= 4 is 0 Å². The van der Waals surface area contributed by atoms with Gasteiger partial charge in [0.1, 0.15) is 5.82 Å². The van der Waals surface area contributed by atoms with Crippen molar-refractivity contribution in [1.82, 2.24) is 19.3 Å². The molecular formula is C27H36N4O2. The van der Waals surface area contributed by atoms with Crippen molar-refractivity contribution in [2.24, 2.45) is 0 Å². The SMILES string of the molecule is CC(C)(C)c1ccc(-n2nc(CCOC3CCCCC3)nc2CCn2ccccc2=O)cc1. The first-order valence-corrected chi connectivity index (χ1v) is 12.2. The zero-order chi connectivity index (χ0) is 23.3. The quantitative estimate of drug-likeness (QED) is 0.494. The summed E-state index contributed by atoms with van der Waals surface area (Å²) in [6.45, 7) is 7.85. The Balaban J connectivity index is 1.52. The fourth-order valence-electron chi connectivity index (χ4n) is 4.38. The molecule has 3 aromatic rings. The third-order valence-corrected chi connectivity index (χ3v) is 6.40. The molecule has 1 aliphatic carbocycles. The van der Waals surface area contributed by atoms with Gasteiger partial charge in [-0.3, -0.25) is 4.79 Å². The van der Waals surface area contributed by atoms with Gasteiger partial charge in [-0.15, -0.1) is 0 Å². The molecule has 6 heteroatoms. The lowest BCUT2D eigenvalue weighted by Crippen LogP contribution is -2.20. The average Bonchev–Trinajstić information content (AvgIpc) is 3.22. The number of aryl methyl sites for hydroxylation is 2. The average molecular weight is 449 g/mol. The normalized spacial score (nSPS) is 15.1. The van der Waals surface area contributed by atoms with E-state index in [9.17, 15) is 4.79 Å². The number of nitrogens with zero attached hydrogens (tertiary/aromatic N) is 4. The predicted octanol–water partition coefficient (Wildman–Crippen LogP) is 4.86. The Labute approximate surface area is 196 Å². The maximum Gasteiger partial charge on any atom is 0.250 e.